The lowest BCUT2D eigenvalue weighted by molar-refractivity contribution is 0.0945. The highest BCUT2D eigenvalue weighted by molar-refractivity contribution is 4.86. The quantitative estimate of drug-likeness (QED) is 0.508. The highest BCUT2D eigenvalue weighted by Gasteiger charge is 2.05. The van der Waals surface area contributed by atoms with Crippen LogP contribution in [0.4, 0.5) is 0 Å². The highest BCUT2D eigenvalue weighted by Crippen LogP contribution is 2.13. The minimum Gasteiger partial charge on any atom is -0.381 e. The number of hydrogen-bond acceptors (Lipinski definition) is 1. The SMILES string of the molecule is COC1CC=CCCCC1. The summed E-state index contributed by atoms with van der Waals surface area (Å²) in [5, 5.41) is 0. The Morgan fingerprint density at radius 2 is 2.20 bits per heavy atom. The van der Waals surface area contributed by atoms with E-state index in [1.165, 1.54) is 25.7 Å². The Hall–Kier alpha value is -0.300. The fourth-order valence-electron chi connectivity index (χ4n) is 1.33. The van der Waals surface area contributed by atoms with Crippen LogP contribution < -0.4 is 0 Å². The van der Waals surface area contributed by atoms with Gasteiger partial charge >= 0.3 is 0 Å². The largest absolute Gasteiger partial charge is 0.381 e. The Labute approximate surface area is 63.1 Å². The summed E-state index contributed by atoms with van der Waals surface area (Å²) < 4.78 is 5.28. The maximum absolute atomic E-state index is 5.28. The molecule has 1 heteroatoms. The second-order valence-corrected chi connectivity index (χ2v) is 2.85. The lowest BCUT2D eigenvalue weighted by Crippen LogP contribution is -2.09. The van der Waals surface area contributed by atoms with Gasteiger partial charge in [0.1, 0.15) is 0 Å². The van der Waals surface area contributed by atoms with Crippen LogP contribution in [0.5, 0.6) is 0 Å². The third-order valence-corrected chi connectivity index (χ3v) is 2.05. The highest BCUT2D eigenvalue weighted by atomic mass is 16.5. The summed E-state index contributed by atoms with van der Waals surface area (Å²) in [6.45, 7) is 0. The Balaban J connectivity index is 2.30. The van der Waals surface area contributed by atoms with Crippen molar-refractivity contribution < 1.29 is 4.74 Å². The number of ether oxygens (including phenoxy) is 1. The minimum atomic E-state index is 0.483. The van der Waals surface area contributed by atoms with Gasteiger partial charge in [0.2, 0.25) is 0 Å². The van der Waals surface area contributed by atoms with Crippen molar-refractivity contribution in [1.29, 1.82) is 0 Å². The molecule has 1 atom stereocenters. The van der Waals surface area contributed by atoms with E-state index in [2.05, 4.69) is 12.2 Å². The van der Waals surface area contributed by atoms with Crippen LogP contribution in [-0.2, 0) is 4.74 Å². The molecule has 0 aromatic carbocycles. The molecule has 0 fully saturated rings. The predicted molar refractivity (Wildman–Crippen MR) is 43.0 cm³/mol. The molecule has 0 spiro atoms. The molecule has 0 amide bonds. The van der Waals surface area contributed by atoms with E-state index in [4.69, 9.17) is 4.74 Å². The molecular weight excluding hydrogens is 124 g/mol. The zero-order chi connectivity index (χ0) is 7.23. The van der Waals surface area contributed by atoms with Crippen molar-refractivity contribution in [2.75, 3.05) is 7.11 Å². The molecule has 1 unspecified atom stereocenters. The standard InChI is InChI=1S/C9H16O/c1-10-9-7-5-3-2-4-6-8-9/h3,5,9H,2,4,6-8H2,1H3. The molecule has 1 aliphatic rings. The van der Waals surface area contributed by atoms with Gasteiger partial charge in [0.25, 0.3) is 0 Å². The van der Waals surface area contributed by atoms with Gasteiger partial charge in [0.15, 0.2) is 0 Å². The summed E-state index contributed by atoms with van der Waals surface area (Å²) in [5.74, 6) is 0. The van der Waals surface area contributed by atoms with E-state index in [0.717, 1.165) is 6.42 Å². The monoisotopic (exact) mass is 140 g/mol. The second kappa shape index (κ2) is 4.51. The zero-order valence-electron chi connectivity index (χ0n) is 6.68. The van der Waals surface area contributed by atoms with E-state index in [1.54, 1.807) is 7.11 Å². The summed E-state index contributed by atoms with van der Waals surface area (Å²) in [4.78, 5) is 0. The third-order valence-electron chi connectivity index (χ3n) is 2.05. The van der Waals surface area contributed by atoms with Crippen molar-refractivity contribution in [3.8, 4) is 0 Å². The summed E-state index contributed by atoms with van der Waals surface area (Å²) in [7, 11) is 1.81. The van der Waals surface area contributed by atoms with Crippen LogP contribution in [-0.4, -0.2) is 13.2 Å². The number of allylic oxidation sites excluding steroid dienone is 1. The van der Waals surface area contributed by atoms with Gasteiger partial charge in [0, 0.05) is 7.11 Å². The lowest BCUT2D eigenvalue weighted by Gasteiger charge is -2.14. The minimum absolute atomic E-state index is 0.483. The van der Waals surface area contributed by atoms with Crippen molar-refractivity contribution in [1.82, 2.24) is 0 Å². The van der Waals surface area contributed by atoms with Crippen molar-refractivity contribution in [2.24, 2.45) is 0 Å². The number of methoxy groups -OCH3 is 1. The van der Waals surface area contributed by atoms with Crippen LogP contribution >= 0.6 is 0 Å². The van der Waals surface area contributed by atoms with E-state index in [-0.39, 0.29) is 0 Å². The van der Waals surface area contributed by atoms with Crippen LogP contribution in [0.3, 0.4) is 0 Å². The molecule has 1 nitrogen and oxygen atoms in total. The summed E-state index contributed by atoms with van der Waals surface area (Å²) in [5.41, 5.74) is 0. The summed E-state index contributed by atoms with van der Waals surface area (Å²) in [6, 6.07) is 0. The van der Waals surface area contributed by atoms with Crippen LogP contribution in [0.25, 0.3) is 0 Å². The molecule has 0 aromatic rings. The van der Waals surface area contributed by atoms with Gasteiger partial charge in [-0.05, 0) is 25.7 Å². The first-order chi connectivity index (χ1) is 4.93. The number of hydrogen-bond donors (Lipinski definition) is 0. The van der Waals surface area contributed by atoms with Crippen molar-refractivity contribution >= 4 is 0 Å². The molecule has 0 heterocycles. The first-order valence-corrected chi connectivity index (χ1v) is 4.11. The molecule has 0 saturated carbocycles. The molecule has 0 saturated heterocycles. The Bertz CT molecular complexity index is 107. The van der Waals surface area contributed by atoms with Gasteiger partial charge in [-0.2, -0.15) is 0 Å². The van der Waals surface area contributed by atoms with Crippen LogP contribution in [0.15, 0.2) is 12.2 Å². The normalized spacial score (nSPS) is 27.5. The average molecular weight is 140 g/mol. The second-order valence-electron chi connectivity index (χ2n) is 2.85. The fraction of sp³-hybridized carbons (Fsp3) is 0.778. The van der Waals surface area contributed by atoms with Gasteiger partial charge in [-0.25, -0.2) is 0 Å². The van der Waals surface area contributed by atoms with E-state index >= 15 is 0 Å². The molecule has 0 radical (unpaired) electrons. The average Bonchev–Trinajstić information content (AvgIpc) is 1.87. The van der Waals surface area contributed by atoms with Crippen LogP contribution in [0.2, 0.25) is 0 Å². The molecule has 58 valence electrons. The predicted octanol–water partition coefficient (Wildman–Crippen LogP) is 2.52. The molecule has 0 bridgehead atoms. The molecular formula is C9H16O. The first kappa shape index (κ1) is 7.80. The topological polar surface area (TPSA) is 9.23 Å². The summed E-state index contributed by atoms with van der Waals surface area (Å²) >= 11 is 0. The molecule has 1 rings (SSSR count). The Morgan fingerprint density at radius 3 is 3.00 bits per heavy atom. The molecule has 0 aliphatic heterocycles. The number of rotatable bonds is 1. The van der Waals surface area contributed by atoms with Crippen LogP contribution in [0.1, 0.15) is 32.1 Å². The third kappa shape index (κ3) is 2.53. The maximum atomic E-state index is 5.28. The van der Waals surface area contributed by atoms with Crippen LogP contribution in [0, 0.1) is 0 Å². The molecule has 10 heavy (non-hydrogen) atoms. The van der Waals surface area contributed by atoms with Crippen molar-refractivity contribution in [3.63, 3.8) is 0 Å². The van der Waals surface area contributed by atoms with E-state index in [9.17, 15) is 0 Å². The Morgan fingerprint density at radius 1 is 1.30 bits per heavy atom. The molecule has 0 aromatic heterocycles. The Kier molecular flexibility index (Phi) is 3.52. The smallest absolute Gasteiger partial charge is 0.0605 e. The van der Waals surface area contributed by atoms with Gasteiger partial charge in [-0.15, -0.1) is 0 Å². The van der Waals surface area contributed by atoms with E-state index in [1.807, 2.05) is 0 Å². The fourth-order valence-corrected chi connectivity index (χ4v) is 1.33. The molecule has 1 aliphatic carbocycles. The van der Waals surface area contributed by atoms with Crippen molar-refractivity contribution in [2.45, 2.75) is 38.2 Å². The van der Waals surface area contributed by atoms with Gasteiger partial charge in [-0.3, -0.25) is 0 Å². The lowest BCUT2D eigenvalue weighted by atomic mass is 10.0. The van der Waals surface area contributed by atoms with Gasteiger partial charge < -0.3 is 4.74 Å². The first-order valence-electron chi connectivity index (χ1n) is 4.11. The van der Waals surface area contributed by atoms with E-state index in [0.29, 0.717) is 6.10 Å². The summed E-state index contributed by atoms with van der Waals surface area (Å²) in [6.07, 6.45) is 11.3. The van der Waals surface area contributed by atoms with E-state index < -0.39 is 0 Å². The van der Waals surface area contributed by atoms with Crippen molar-refractivity contribution in [3.05, 3.63) is 12.2 Å². The van der Waals surface area contributed by atoms with Gasteiger partial charge in [-0.1, -0.05) is 18.6 Å². The maximum Gasteiger partial charge on any atom is 0.0605 e. The zero-order valence-corrected chi connectivity index (χ0v) is 6.68. The van der Waals surface area contributed by atoms with Gasteiger partial charge in [0.05, 0.1) is 6.10 Å². The molecule has 0 N–H and O–H groups in total.